The second kappa shape index (κ2) is 6.42. The van der Waals surface area contributed by atoms with Gasteiger partial charge in [0.05, 0.1) is 5.54 Å². The molecule has 2 aromatic rings. The lowest BCUT2D eigenvalue weighted by molar-refractivity contribution is 0.521. The lowest BCUT2D eigenvalue weighted by Crippen LogP contribution is -2.44. The van der Waals surface area contributed by atoms with Gasteiger partial charge in [-0.1, -0.05) is 46.3 Å². The average Bonchev–Trinajstić information content (AvgIpc) is 2.38. The van der Waals surface area contributed by atoms with E-state index in [9.17, 15) is 0 Å². The maximum Gasteiger partial charge on any atom is 0.0507 e. The third-order valence-corrected chi connectivity index (χ3v) is 3.83. The molecule has 0 spiro atoms. The Morgan fingerprint density at radius 3 is 2.45 bits per heavy atom. The fourth-order valence-corrected chi connectivity index (χ4v) is 2.98. The highest BCUT2D eigenvalue weighted by molar-refractivity contribution is 9.10. The van der Waals surface area contributed by atoms with Crippen molar-refractivity contribution in [2.24, 2.45) is 5.73 Å². The van der Waals surface area contributed by atoms with Gasteiger partial charge in [-0.2, -0.15) is 0 Å². The second-order valence-corrected chi connectivity index (χ2v) is 6.49. The number of benzene rings is 2. The van der Waals surface area contributed by atoms with Gasteiger partial charge in [0.25, 0.3) is 0 Å². The lowest BCUT2D eigenvalue weighted by Gasteiger charge is -2.31. The van der Waals surface area contributed by atoms with Crippen molar-refractivity contribution in [3.05, 3.63) is 64.1 Å². The van der Waals surface area contributed by atoms with E-state index in [1.807, 2.05) is 6.07 Å². The smallest absolute Gasteiger partial charge is 0.0507 e. The summed E-state index contributed by atoms with van der Waals surface area (Å²) < 4.78 is 1.08. The molecule has 20 heavy (non-hydrogen) atoms. The van der Waals surface area contributed by atoms with Gasteiger partial charge in [-0.3, -0.25) is 0 Å². The largest absolute Gasteiger partial charge is 0.378 e. The molecule has 0 aliphatic heterocycles. The van der Waals surface area contributed by atoms with Crippen molar-refractivity contribution in [3.8, 4) is 0 Å². The lowest BCUT2D eigenvalue weighted by atomic mass is 9.92. The van der Waals surface area contributed by atoms with Gasteiger partial charge in [-0.25, -0.2) is 0 Å². The van der Waals surface area contributed by atoms with Crippen LogP contribution in [0.4, 0.5) is 5.69 Å². The molecule has 3 heteroatoms. The number of nitrogens with two attached hydrogens (primary N) is 1. The van der Waals surface area contributed by atoms with Crippen LogP contribution < -0.4 is 11.1 Å². The number of hydrogen-bond acceptors (Lipinski definition) is 2. The highest BCUT2D eigenvalue weighted by Gasteiger charge is 2.22. The first-order chi connectivity index (χ1) is 9.50. The number of hydrogen-bond donors (Lipinski definition) is 2. The van der Waals surface area contributed by atoms with E-state index < -0.39 is 0 Å². The van der Waals surface area contributed by atoms with Crippen LogP contribution in [-0.2, 0) is 6.42 Å². The van der Waals surface area contributed by atoms with Crippen LogP contribution in [0.3, 0.4) is 0 Å². The molecule has 1 unspecified atom stereocenters. The maximum absolute atomic E-state index is 6.00. The SMILES string of the molecule is Cc1cc(Br)cc(NC(C)(CN)Cc2ccccc2)c1. The molecule has 2 aromatic carbocycles. The van der Waals surface area contributed by atoms with Crippen LogP contribution in [0.15, 0.2) is 53.0 Å². The monoisotopic (exact) mass is 332 g/mol. The van der Waals surface area contributed by atoms with Crippen LogP contribution in [0.1, 0.15) is 18.1 Å². The van der Waals surface area contributed by atoms with Gasteiger partial charge in [0.15, 0.2) is 0 Å². The van der Waals surface area contributed by atoms with Crippen molar-refractivity contribution in [1.29, 1.82) is 0 Å². The number of nitrogens with one attached hydrogen (secondary N) is 1. The minimum absolute atomic E-state index is 0.158. The number of anilines is 1. The molecule has 1 atom stereocenters. The molecule has 0 aliphatic carbocycles. The van der Waals surface area contributed by atoms with Crippen molar-refractivity contribution in [2.45, 2.75) is 25.8 Å². The summed E-state index contributed by atoms with van der Waals surface area (Å²) in [4.78, 5) is 0. The van der Waals surface area contributed by atoms with Gasteiger partial charge in [0.2, 0.25) is 0 Å². The van der Waals surface area contributed by atoms with Gasteiger partial charge >= 0.3 is 0 Å². The highest BCUT2D eigenvalue weighted by atomic mass is 79.9. The fraction of sp³-hybridized carbons (Fsp3) is 0.294. The van der Waals surface area contributed by atoms with Crippen LogP contribution in [-0.4, -0.2) is 12.1 Å². The molecule has 106 valence electrons. The van der Waals surface area contributed by atoms with Crippen LogP contribution in [0.5, 0.6) is 0 Å². The Morgan fingerprint density at radius 1 is 1.15 bits per heavy atom. The van der Waals surface area contributed by atoms with E-state index >= 15 is 0 Å². The average molecular weight is 333 g/mol. The van der Waals surface area contributed by atoms with E-state index in [2.05, 4.69) is 77.6 Å². The Labute approximate surface area is 129 Å². The molecule has 3 N–H and O–H groups in total. The summed E-state index contributed by atoms with van der Waals surface area (Å²) in [6.45, 7) is 4.83. The summed E-state index contributed by atoms with van der Waals surface area (Å²) in [5.74, 6) is 0. The zero-order chi connectivity index (χ0) is 14.6. The molecular formula is C17H21BrN2. The first kappa shape index (κ1) is 15.1. The summed E-state index contributed by atoms with van der Waals surface area (Å²) in [6, 6.07) is 16.8. The van der Waals surface area contributed by atoms with Crippen LogP contribution in [0.2, 0.25) is 0 Å². The minimum Gasteiger partial charge on any atom is -0.378 e. The zero-order valence-electron chi connectivity index (χ0n) is 12.0. The molecule has 0 fully saturated rings. The summed E-state index contributed by atoms with van der Waals surface area (Å²) in [5.41, 5.74) is 9.46. The van der Waals surface area contributed by atoms with Crippen molar-refractivity contribution in [1.82, 2.24) is 0 Å². The van der Waals surface area contributed by atoms with E-state index in [1.165, 1.54) is 11.1 Å². The molecule has 2 rings (SSSR count). The van der Waals surface area contributed by atoms with Crippen molar-refractivity contribution >= 4 is 21.6 Å². The number of aryl methyl sites for hydroxylation is 1. The molecular weight excluding hydrogens is 312 g/mol. The fourth-order valence-electron chi connectivity index (χ4n) is 2.37. The third-order valence-electron chi connectivity index (χ3n) is 3.38. The Bertz CT molecular complexity index is 548. The van der Waals surface area contributed by atoms with E-state index in [1.54, 1.807) is 0 Å². The standard InChI is InChI=1S/C17H21BrN2/c1-13-8-15(18)10-16(9-13)20-17(2,12-19)11-14-6-4-3-5-7-14/h3-10,20H,11-12,19H2,1-2H3. The van der Waals surface area contributed by atoms with Gasteiger partial charge in [0.1, 0.15) is 0 Å². The predicted molar refractivity (Wildman–Crippen MR) is 90.1 cm³/mol. The molecule has 0 saturated heterocycles. The molecule has 0 bridgehead atoms. The van der Waals surface area contributed by atoms with E-state index in [0.717, 1.165) is 16.6 Å². The van der Waals surface area contributed by atoms with Gasteiger partial charge < -0.3 is 11.1 Å². The Balaban J connectivity index is 2.18. The number of rotatable bonds is 5. The maximum atomic E-state index is 6.00. The van der Waals surface area contributed by atoms with Crippen LogP contribution in [0.25, 0.3) is 0 Å². The molecule has 0 radical (unpaired) electrons. The molecule has 0 amide bonds. The molecule has 0 aromatic heterocycles. The highest BCUT2D eigenvalue weighted by Crippen LogP contribution is 2.24. The number of halogens is 1. The Kier molecular flexibility index (Phi) is 4.84. The van der Waals surface area contributed by atoms with E-state index in [0.29, 0.717) is 6.54 Å². The molecule has 0 aliphatic rings. The first-order valence-electron chi connectivity index (χ1n) is 6.80. The summed E-state index contributed by atoms with van der Waals surface area (Å²) in [5, 5.41) is 3.58. The van der Waals surface area contributed by atoms with Crippen LogP contribution >= 0.6 is 15.9 Å². The summed E-state index contributed by atoms with van der Waals surface area (Å²) >= 11 is 3.54. The zero-order valence-corrected chi connectivity index (χ0v) is 13.6. The van der Waals surface area contributed by atoms with Crippen LogP contribution in [0, 0.1) is 6.92 Å². The normalized spacial score (nSPS) is 13.8. The van der Waals surface area contributed by atoms with Crippen molar-refractivity contribution in [3.63, 3.8) is 0 Å². The van der Waals surface area contributed by atoms with E-state index in [-0.39, 0.29) is 5.54 Å². The van der Waals surface area contributed by atoms with Crippen molar-refractivity contribution in [2.75, 3.05) is 11.9 Å². The minimum atomic E-state index is -0.158. The molecule has 0 saturated carbocycles. The van der Waals surface area contributed by atoms with Crippen molar-refractivity contribution < 1.29 is 0 Å². The van der Waals surface area contributed by atoms with E-state index in [4.69, 9.17) is 5.73 Å². The van der Waals surface area contributed by atoms with Gasteiger partial charge in [-0.05, 0) is 49.6 Å². The Morgan fingerprint density at radius 2 is 1.85 bits per heavy atom. The quantitative estimate of drug-likeness (QED) is 0.863. The molecule has 0 heterocycles. The summed E-state index contributed by atoms with van der Waals surface area (Å²) in [6.07, 6.45) is 0.899. The summed E-state index contributed by atoms with van der Waals surface area (Å²) in [7, 11) is 0. The topological polar surface area (TPSA) is 38.0 Å². The second-order valence-electron chi connectivity index (χ2n) is 5.57. The Hall–Kier alpha value is -1.32. The molecule has 2 nitrogen and oxygen atoms in total. The first-order valence-corrected chi connectivity index (χ1v) is 7.59. The van der Waals surface area contributed by atoms with Gasteiger partial charge in [0, 0.05) is 16.7 Å². The third kappa shape index (κ3) is 4.09. The predicted octanol–water partition coefficient (Wildman–Crippen LogP) is 4.13. The van der Waals surface area contributed by atoms with Gasteiger partial charge in [-0.15, -0.1) is 0 Å².